The van der Waals surface area contributed by atoms with E-state index in [-0.39, 0.29) is 11.9 Å². The number of halogens is 2. The second-order valence-corrected chi connectivity index (χ2v) is 4.35. The fourth-order valence-electron chi connectivity index (χ4n) is 1.67. The van der Waals surface area contributed by atoms with Crippen LogP contribution in [-0.4, -0.2) is 32.4 Å². The molecule has 1 aromatic rings. The molecule has 1 aromatic carbocycles. The van der Waals surface area contributed by atoms with Gasteiger partial charge in [0.25, 0.3) is 0 Å². The molecule has 0 radical (unpaired) electrons. The second-order valence-electron chi connectivity index (χ2n) is 3.95. The Balaban J connectivity index is 1.77. The molecule has 1 saturated heterocycles. The summed E-state index contributed by atoms with van der Waals surface area (Å²) in [6, 6.07) is 4.31. The van der Waals surface area contributed by atoms with Crippen molar-refractivity contribution in [3.8, 4) is 0 Å². The van der Waals surface area contributed by atoms with Gasteiger partial charge in [-0.2, -0.15) is 0 Å². The molecule has 1 heterocycles. The minimum absolute atomic E-state index is 0.0861. The highest BCUT2D eigenvalue weighted by molar-refractivity contribution is 6.31. The van der Waals surface area contributed by atoms with Gasteiger partial charge in [-0.3, -0.25) is 0 Å². The van der Waals surface area contributed by atoms with Crippen molar-refractivity contribution >= 4 is 11.6 Å². The van der Waals surface area contributed by atoms with Crippen molar-refractivity contribution in [1.29, 1.82) is 0 Å². The fourth-order valence-corrected chi connectivity index (χ4v) is 1.89. The molecular formula is C12H15ClFNO2. The predicted octanol–water partition coefficient (Wildman–Crippen LogP) is 1.98. The third-order valence-electron chi connectivity index (χ3n) is 2.58. The summed E-state index contributed by atoms with van der Waals surface area (Å²) >= 11 is 5.89. The van der Waals surface area contributed by atoms with Gasteiger partial charge < -0.3 is 14.8 Å². The average Bonchev–Trinajstić information content (AvgIpc) is 2.33. The first-order valence-electron chi connectivity index (χ1n) is 5.59. The maximum Gasteiger partial charge on any atom is 0.124 e. The molecule has 5 heteroatoms. The molecule has 94 valence electrons. The molecule has 17 heavy (non-hydrogen) atoms. The van der Waals surface area contributed by atoms with Crippen molar-refractivity contribution in [3.63, 3.8) is 0 Å². The molecule has 0 bridgehead atoms. The first kappa shape index (κ1) is 12.8. The zero-order valence-corrected chi connectivity index (χ0v) is 10.2. The molecule has 1 fully saturated rings. The highest BCUT2D eigenvalue weighted by Gasteiger charge is 2.13. The van der Waals surface area contributed by atoms with E-state index in [1.54, 1.807) is 6.07 Å². The SMILES string of the molecule is Fc1ccc(COCC2CNCCO2)c(Cl)c1. The van der Waals surface area contributed by atoms with Crippen LogP contribution in [-0.2, 0) is 16.1 Å². The van der Waals surface area contributed by atoms with E-state index >= 15 is 0 Å². The van der Waals surface area contributed by atoms with E-state index in [2.05, 4.69) is 5.32 Å². The lowest BCUT2D eigenvalue weighted by atomic mass is 10.2. The van der Waals surface area contributed by atoms with Crippen molar-refractivity contribution in [2.45, 2.75) is 12.7 Å². The van der Waals surface area contributed by atoms with Crippen molar-refractivity contribution in [2.24, 2.45) is 0 Å². The Labute approximate surface area is 105 Å². The van der Waals surface area contributed by atoms with Crippen LogP contribution < -0.4 is 5.32 Å². The topological polar surface area (TPSA) is 30.5 Å². The molecule has 1 aliphatic rings. The van der Waals surface area contributed by atoms with Gasteiger partial charge in [-0.05, 0) is 17.7 Å². The van der Waals surface area contributed by atoms with Gasteiger partial charge in [-0.25, -0.2) is 4.39 Å². The van der Waals surface area contributed by atoms with Crippen LogP contribution in [0.4, 0.5) is 4.39 Å². The molecule has 1 aliphatic heterocycles. The molecule has 1 unspecified atom stereocenters. The van der Waals surface area contributed by atoms with Crippen LogP contribution in [0.5, 0.6) is 0 Å². The number of ether oxygens (including phenoxy) is 2. The standard InChI is InChI=1S/C12H15ClFNO2/c13-12-5-10(14)2-1-9(12)7-16-8-11-6-15-3-4-17-11/h1-2,5,11,15H,3-4,6-8H2. The summed E-state index contributed by atoms with van der Waals surface area (Å²) in [6.45, 7) is 3.29. The van der Waals surface area contributed by atoms with Crippen molar-refractivity contribution in [3.05, 3.63) is 34.6 Å². The van der Waals surface area contributed by atoms with Gasteiger partial charge >= 0.3 is 0 Å². The van der Waals surface area contributed by atoms with Gasteiger partial charge in [0.2, 0.25) is 0 Å². The van der Waals surface area contributed by atoms with Gasteiger partial charge in [0, 0.05) is 18.1 Å². The predicted molar refractivity (Wildman–Crippen MR) is 63.7 cm³/mol. The number of morpholine rings is 1. The van der Waals surface area contributed by atoms with Crippen LogP contribution in [0.15, 0.2) is 18.2 Å². The van der Waals surface area contributed by atoms with Crippen LogP contribution in [0.1, 0.15) is 5.56 Å². The van der Waals surface area contributed by atoms with E-state index in [1.807, 2.05) is 0 Å². The minimum Gasteiger partial charge on any atom is -0.374 e. The lowest BCUT2D eigenvalue weighted by Gasteiger charge is -2.23. The summed E-state index contributed by atoms with van der Waals surface area (Å²) in [5.41, 5.74) is 0.789. The Hall–Kier alpha value is -0.680. The Morgan fingerprint density at radius 1 is 1.53 bits per heavy atom. The van der Waals surface area contributed by atoms with E-state index < -0.39 is 0 Å². The maximum atomic E-state index is 12.8. The summed E-state index contributed by atoms with van der Waals surface area (Å²) < 4.78 is 23.8. The second kappa shape index (κ2) is 6.31. The molecule has 0 saturated carbocycles. The first-order valence-corrected chi connectivity index (χ1v) is 5.97. The largest absolute Gasteiger partial charge is 0.374 e. The Kier molecular flexibility index (Phi) is 4.74. The van der Waals surface area contributed by atoms with Gasteiger partial charge in [-0.1, -0.05) is 17.7 Å². The number of rotatable bonds is 4. The molecule has 0 amide bonds. The van der Waals surface area contributed by atoms with Crippen LogP contribution in [0.3, 0.4) is 0 Å². The summed E-state index contributed by atoms with van der Waals surface area (Å²) in [5.74, 6) is -0.335. The Morgan fingerprint density at radius 2 is 2.41 bits per heavy atom. The first-order chi connectivity index (χ1) is 8.25. The number of hydrogen-bond acceptors (Lipinski definition) is 3. The summed E-state index contributed by atoms with van der Waals surface area (Å²) in [6.07, 6.45) is 0.0861. The zero-order chi connectivity index (χ0) is 12.1. The van der Waals surface area contributed by atoms with Gasteiger partial charge in [0.05, 0.1) is 25.9 Å². The quantitative estimate of drug-likeness (QED) is 0.897. The van der Waals surface area contributed by atoms with E-state index in [4.69, 9.17) is 21.1 Å². The molecule has 0 aromatic heterocycles. The fraction of sp³-hybridized carbons (Fsp3) is 0.500. The lowest BCUT2D eigenvalue weighted by molar-refractivity contribution is -0.0357. The number of nitrogens with one attached hydrogen (secondary N) is 1. The monoisotopic (exact) mass is 259 g/mol. The molecule has 1 atom stereocenters. The number of hydrogen-bond donors (Lipinski definition) is 1. The molecule has 3 nitrogen and oxygen atoms in total. The van der Waals surface area contributed by atoms with Crippen LogP contribution in [0, 0.1) is 5.82 Å². The summed E-state index contributed by atoms with van der Waals surface area (Å²) in [5, 5.41) is 3.62. The Morgan fingerprint density at radius 3 is 3.12 bits per heavy atom. The van der Waals surface area contributed by atoms with Gasteiger partial charge in [0.15, 0.2) is 0 Å². The van der Waals surface area contributed by atoms with E-state index in [9.17, 15) is 4.39 Å². The van der Waals surface area contributed by atoms with Gasteiger partial charge in [-0.15, -0.1) is 0 Å². The van der Waals surface area contributed by atoms with Crippen molar-refractivity contribution < 1.29 is 13.9 Å². The summed E-state index contributed by atoms with van der Waals surface area (Å²) in [4.78, 5) is 0. The summed E-state index contributed by atoms with van der Waals surface area (Å²) in [7, 11) is 0. The smallest absolute Gasteiger partial charge is 0.124 e. The van der Waals surface area contributed by atoms with Gasteiger partial charge in [0.1, 0.15) is 5.82 Å². The number of benzene rings is 1. The third kappa shape index (κ3) is 3.92. The third-order valence-corrected chi connectivity index (χ3v) is 2.93. The van der Waals surface area contributed by atoms with E-state index in [0.717, 1.165) is 18.7 Å². The van der Waals surface area contributed by atoms with Crippen LogP contribution >= 0.6 is 11.6 Å². The van der Waals surface area contributed by atoms with E-state index in [1.165, 1.54) is 12.1 Å². The molecule has 1 N–H and O–H groups in total. The highest BCUT2D eigenvalue weighted by atomic mass is 35.5. The van der Waals surface area contributed by atoms with Crippen LogP contribution in [0.25, 0.3) is 0 Å². The normalized spacial score (nSPS) is 20.5. The van der Waals surface area contributed by atoms with Crippen molar-refractivity contribution in [2.75, 3.05) is 26.3 Å². The van der Waals surface area contributed by atoms with E-state index in [0.29, 0.717) is 24.8 Å². The molecule has 2 rings (SSSR count). The maximum absolute atomic E-state index is 12.8. The van der Waals surface area contributed by atoms with Crippen LogP contribution in [0.2, 0.25) is 5.02 Å². The molecular weight excluding hydrogens is 245 g/mol. The molecule has 0 aliphatic carbocycles. The molecule has 0 spiro atoms. The average molecular weight is 260 g/mol. The highest BCUT2D eigenvalue weighted by Crippen LogP contribution is 2.18. The zero-order valence-electron chi connectivity index (χ0n) is 9.42. The lowest BCUT2D eigenvalue weighted by Crippen LogP contribution is -2.40. The Bertz CT molecular complexity index is 370. The minimum atomic E-state index is -0.335. The van der Waals surface area contributed by atoms with Crippen molar-refractivity contribution in [1.82, 2.24) is 5.32 Å².